The number of carbonyl (C=O) groups is 1. The van der Waals surface area contributed by atoms with Crippen molar-refractivity contribution in [3.05, 3.63) is 29.8 Å². The van der Waals surface area contributed by atoms with Crippen molar-refractivity contribution < 1.29 is 9.53 Å². The molecule has 0 atom stereocenters. The van der Waals surface area contributed by atoms with E-state index in [0.717, 1.165) is 69.0 Å². The fraction of sp³-hybridized carbons (Fsp3) is 0.650. The Labute approximate surface area is 145 Å². The summed E-state index contributed by atoms with van der Waals surface area (Å²) >= 11 is 0. The third kappa shape index (κ3) is 3.30. The van der Waals surface area contributed by atoms with E-state index in [1.807, 2.05) is 19.2 Å². The van der Waals surface area contributed by atoms with Crippen molar-refractivity contribution in [2.24, 2.45) is 5.92 Å². The second kappa shape index (κ2) is 7.56. The maximum absolute atomic E-state index is 13.3. The molecular weight excluding hydrogens is 300 g/mol. The largest absolute Gasteiger partial charge is 0.497 e. The molecule has 1 aromatic rings. The lowest BCUT2D eigenvalue weighted by Crippen LogP contribution is -2.53. The van der Waals surface area contributed by atoms with E-state index in [2.05, 4.69) is 22.3 Å². The number of benzene rings is 1. The second-order valence-corrected chi connectivity index (χ2v) is 7.29. The molecule has 3 rings (SSSR count). The van der Waals surface area contributed by atoms with Gasteiger partial charge < -0.3 is 15.0 Å². The van der Waals surface area contributed by atoms with Crippen LogP contribution in [0.2, 0.25) is 0 Å². The van der Waals surface area contributed by atoms with Gasteiger partial charge in [-0.25, -0.2) is 0 Å². The summed E-state index contributed by atoms with van der Waals surface area (Å²) in [5.74, 6) is 1.97. The fourth-order valence-electron chi connectivity index (χ4n) is 4.14. The molecule has 1 amide bonds. The van der Waals surface area contributed by atoms with Gasteiger partial charge in [-0.2, -0.15) is 0 Å². The molecule has 1 aliphatic heterocycles. The molecule has 2 aliphatic rings. The van der Waals surface area contributed by atoms with E-state index in [-0.39, 0.29) is 5.41 Å². The van der Waals surface area contributed by atoms with Crippen LogP contribution in [0.3, 0.4) is 0 Å². The Bertz CT molecular complexity index is 543. The van der Waals surface area contributed by atoms with Gasteiger partial charge in [-0.05, 0) is 69.3 Å². The number of piperidine rings is 1. The molecule has 0 unspecified atom stereocenters. The van der Waals surface area contributed by atoms with Crippen molar-refractivity contribution in [2.75, 3.05) is 33.8 Å². The van der Waals surface area contributed by atoms with Gasteiger partial charge in [-0.1, -0.05) is 18.6 Å². The summed E-state index contributed by atoms with van der Waals surface area (Å²) in [6, 6.07) is 8.12. The first-order valence-corrected chi connectivity index (χ1v) is 9.28. The third-order valence-corrected chi connectivity index (χ3v) is 5.96. The predicted molar refractivity (Wildman–Crippen MR) is 96.4 cm³/mol. The van der Waals surface area contributed by atoms with Crippen LogP contribution in [0.5, 0.6) is 5.75 Å². The van der Waals surface area contributed by atoms with Crippen molar-refractivity contribution in [1.29, 1.82) is 0 Å². The van der Waals surface area contributed by atoms with Gasteiger partial charge in [0.2, 0.25) is 5.91 Å². The van der Waals surface area contributed by atoms with Gasteiger partial charge in [0, 0.05) is 13.1 Å². The number of ether oxygens (including phenoxy) is 1. The van der Waals surface area contributed by atoms with Crippen LogP contribution in [0, 0.1) is 5.92 Å². The number of rotatable bonds is 6. The molecule has 1 heterocycles. The van der Waals surface area contributed by atoms with Gasteiger partial charge >= 0.3 is 0 Å². The molecule has 24 heavy (non-hydrogen) atoms. The number of nitrogens with one attached hydrogen (secondary N) is 1. The van der Waals surface area contributed by atoms with Crippen molar-refractivity contribution >= 4 is 5.91 Å². The first-order chi connectivity index (χ1) is 11.7. The molecule has 132 valence electrons. The topological polar surface area (TPSA) is 41.6 Å². The lowest BCUT2D eigenvalue weighted by Gasteiger charge is -2.45. The highest BCUT2D eigenvalue weighted by molar-refractivity contribution is 5.89. The average molecular weight is 330 g/mol. The van der Waals surface area contributed by atoms with Crippen LogP contribution in [0.25, 0.3) is 0 Å². The van der Waals surface area contributed by atoms with E-state index in [1.54, 1.807) is 7.11 Å². The van der Waals surface area contributed by atoms with Crippen LogP contribution >= 0.6 is 0 Å². The van der Waals surface area contributed by atoms with E-state index in [4.69, 9.17) is 4.74 Å². The van der Waals surface area contributed by atoms with Crippen LogP contribution in [0.1, 0.15) is 44.1 Å². The molecule has 1 aliphatic carbocycles. The summed E-state index contributed by atoms with van der Waals surface area (Å²) in [7, 11) is 3.69. The van der Waals surface area contributed by atoms with E-state index in [0.29, 0.717) is 5.91 Å². The van der Waals surface area contributed by atoms with Crippen LogP contribution in [0.4, 0.5) is 0 Å². The highest BCUT2D eigenvalue weighted by Crippen LogP contribution is 2.46. The Kier molecular flexibility index (Phi) is 5.44. The zero-order chi connectivity index (χ0) is 17.0. The molecule has 4 nitrogen and oxygen atoms in total. The Hall–Kier alpha value is -1.55. The van der Waals surface area contributed by atoms with Crippen LogP contribution in [-0.4, -0.2) is 44.6 Å². The molecule has 4 heteroatoms. The summed E-state index contributed by atoms with van der Waals surface area (Å²) in [6.07, 6.45) is 6.63. The number of methoxy groups -OCH3 is 1. The highest BCUT2D eigenvalue weighted by atomic mass is 16.5. The van der Waals surface area contributed by atoms with Crippen LogP contribution < -0.4 is 10.1 Å². The standard InChI is InChI=1S/C20H30N2O2/c1-21-13-8-16-9-14-22(15-10-16)19(23)20(11-3-12-20)17-4-6-18(24-2)7-5-17/h4-7,16,21H,3,8-15H2,1-2H3. The zero-order valence-corrected chi connectivity index (χ0v) is 15.0. The van der Waals surface area contributed by atoms with E-state index >= 15 is 0 Å². The normalized spacial score (nSPS) is 20.5. The average Bonchev–Trinajstić information content (AvgIpc) is 2.60. The molecule has 0 aromatic heterocycles. The summed E-state index contributed by atoms with van der Waals surface area (Å²) in [5, 5.41) is 3.23. The van der Waals surface area contributed by atoms with Gasteiger partial charge in [-0.15, -0.1) is 0 Å². The molecule has 0 radical (unpaired) electrons. The van der Waals surface area contributed by atoms with Crippen molar-refractivity contribution in [1.82, 2.24) is 10.2 Å². The van der Waals surface area contributed by atoms with E-state index in [1.165, 1.54) is 6.42 Å². The molecule has 1 N–H and O–H groups in total. The van der Waals surface area contributed by atoms with E-state index in [9.17, 15) is 4.79 Å². The maximum atomic E-state index is 13.3. The monoisotopic (exact) mass is 330 g/mol. The van der Waals surface area contributed by atoms with Crippen LogP contribution in [0.15, 0.2) is 24.3 Å². The van der Waals surface area contributed by atoms with Gasteiger partial charge in [0.05, 0.1) is 12.5 Å². The Morgan fingerprint density at radius 1 is 1.25 bits per heavy atom. The van der Waals surface area contributed by atoms with Crippen molar-refractivity contribution in [3.63, 3.8) is 0 Å². The molecule has 0 spiro atoms. The SMILES string of the molecule is CNCCC1CCN(C(=O)C2(c3ccc(OC)cc3)CCC2)CC1. The Morgan fingerprint density at radius 3 is 2.42 bits per heavy atom. The number of carbonyl (C=O) groups excluding carboxylic acids is 1. The lowest BCUT2D eigenvalue weighted by atomic mass is 9.63. The molecule has 1 saturated carbocycles. The number of nitrogens with zero attached hydrogens (tertiary/aromatic N) is 1. The highest BCUT2D eigenvalue weighted by Gasteiger charge is 2.47. The quantitative estimate of drug-likeness (QED) is 0.872. The summed E-state index contributed by atoms with van der Waals surface area (Å²) in [5.41, 5.74) is 0.890. The summed E-state index contributed by atoms with van der Waals surface area (Å²) in [6.45, 7) is 2.92. The smallest absolute Gasteiger partial charge is 0.233 e. The third-order valence-electron chi connectivity index (χ3n) is 5.96. The summed E-state index contributed by atoms with van der Waals surface area (Å²) < 4.78 is 5.25. The lowest BCUT2D eigenvalue weighted by molar-refractivity contribution is -0.142. The number of hydrogen-bond acceptors (Lipinski definition) is 3. The van der Waals surface area contributed by atoms with Gasteiger partial charge in [0.15, 0.2) is 0 Å². The zero-order valence-electron chi connectivity index (χ0n) is 15.0. The van der Waals surface area contributed by atoms with Crippen molar-refractivity contribution in [2.45, 2.75) is 43.9 Å². The minimum Gasteiger partial charge on any atom is -0.497 e. The first-order valence-electron chi connectivity index (χ1n) is 9.28. The molecule has 1 aromatic carbocycles. The molecule has 2 fully saturated rings. The predicted octanol–water partition coefficient (Wildman–Crippen LogP) is 2.97. The number of likely N-dealkylation sites (tertiary alicyclic amines) is 1. The van der Waals surface area contributed by atoms with Gasteiger partial charge in [0.25, 0.3) is 0 Å². The number of amides is 1. The molecule has 1 saturated heterocycles. The summed E-state index contributed by atoms with van der Waals surface area (Å²) in [4.78, 5) is 15.4. The van der Waals surface area contributed by atoms with Gasteiger partial charge in [0.1, 0.15) is 5.75 Å². The van der Waals surface area contributed by atoms with Gasteiger partial charge in [-0.3, -0.25) is 4.79 Å². The van der Waals surface area contributed by atoms with Crippen LogP contribution in [-0.2, 0) is 10.2 Å². The molecular formula is C20H30N2O2. The Balaban J connectivity index is 1.66. The first kappa shape index (κ1) is 17.3. The maximum Gasteiger partial charge on any atom is 0.233 e. The second-order valence-electron chi connectivity index (χ2n) is 7.29. The fourth-order valence-corrected chi connectivity index (χ4v) is 4.14. The minimum atomic E-state index is -0.274. The molecule has 0 bridgehead atoms. The Morgan fingerprint density at radius 2 is 1.92 bits per heavy atom. The van der Waals surface area contributed by atoms with Crippen molar-refractivity contribution in [3.8, 4) is 5.75 Å². The van der Waals surface area contributed by atoms with E-state index < -0.39 is 0 Å². The number of hydrogen-bond donors (Lipinski definition) is 1. The minimum absolute atomic E-state index is 0.274.